The summed E-state index contributed by atoms with van der Waals surface area (Å²) in [4.78, 5) is 0. The van der Waals surface area contributed by atoms with Crippen LogP contribution >= 0.6 is 22.6 Å². The fourth-order valence-corrected chi connectivity index (χ4v) is 1.71. The summed E-state index contributed by atoms with van der Waals surface area (Å²) < 4.78 is 0.994. The molecule has 0 spiro atoms. The van der Waals surface area contributed by atoms with Crippen molar-refractivity contribution in [2.45, 2.75) is 5.92 Å². The molecule has 1 atom stereocenters. The lowest BCUT2D eigenvalue weighted by Crippen LogP contribution is -2.00. The van der Waals surface area contributed by atoms with E-state index in [4.69, 9.17) is 10.4 Å². The monoisotopic (exact) mass is 286 g/mol. The van der Waals surface area contributed by atoms with Crippen molar-refractivity contribution in [3.63, 3.8) is 0 Å². The molecule has 0 aliphatic heterocycles. The third-order valence-electron chi connectivity index (χ3n) is 1.74. The summed E-state index contributed by atoms with van der Waals surface area (Å²) in [6.45, 7) is 3.79. The number of halogens is 1. The molecule has 0 aliphatic rings. The molecule has 0 fully saturated rings. The van der Waals surface area contributed by atoms with E-state index in [1.54, 1.807) is 12.1 Å². The van der Waals surface area contributed by atoms with Gasteiger partial charge in [0.25, 0.3) is 0 Å². The van der Waals surface area contributed by atoms with Crippen LogP contribution in [0, 0.1) is 21.8 Å². The molecule has 3 heteroatoms. The van der Waals surface area contributed by atoms with E-state index in [2.05, 4.69) is 35.6 Å². The molecule has 1 aromatic carbocycles. The van der Waals surface area contributed by atoms with Crippen LogP contribution in [0.25, 0.3) is 0 Å². The van der Waals surface area contributed by atoms with Crippen molar-refractivity contribution in [2.75, 3.05) is 6.61 Å². The Kier molecular flexibility index (Phi) is 3.70. The highest BCUT2D eigenvalue weighted by Gasteiger charge is 2.06. The van der Waals surface area contributed by atoms with Gasteiger partial charge in [-0.05, 0) is 53.3 Å². The van der Waals surface area contributed by atoms with Crippen molar-refractivity contribution in [3.05, 3.63) is 39.8 Å². The van der Waals surface area contributed by atoms with Crippen LogP contribution in [0.3, 0.4) is 0 Å². The van der Waals surface area contributed by atoms with E-state index in [0.717, 1.165) is 9.13 Å². The first kappa shape index (κ1) is 10.5. The molecule has 1 radical (unpaired) electrons. The molecule has 0 heterocycles. The predicted molar refractivity (Wildman–Crippen MR) is 59.1 cm³/mol. The Balaban J connectivity index is 3.10. The summed E-state index contributed by atoms with van der Waals surface area (Å²) in [6, 6.07) is 7.56. The number of hydrogen-bond donors (Lipinski definition) is 1. The van der Waals surface area contributed by atoms with Crippen molar-refractivity contribution in [3.8, 4) is 6.07 Å². The van der Waals surface area contributed by atoms with Gasteiger partial charge in [-0.3, -0.25) is 0 Å². The van der Waals surface area contributed by atoms with E-state index >= 15 is 0 Å². The van der Waals surface area contributed by atoms with E-state index in [0.29, 0.717) is 5.56 Å². The lowest BCUT2D eigenvalue weighted by Gasteiger charge is -2.08. The zero-order chi connectivity index (χ0) is 9.84. The molecule has 1 rings (SSSR count). The summed E-state index contributed by atoms with van der Waals surface area (Å²) in [5.74, 6) is -0.151. The number of nitrogens with zero attached hydrogens (tertiary/aromatic N) is 1. The molecule has 1 unspecified atom stereocenters. The van der Waals surface area contributed by atoms with E-state index in [9.17, 15) is 0 Å². The Hall–Kier alpha value is -0.600. The fraction of sp³-hybridized carbons (Fsp3) is 0.200. The van der Waals surface area contributed by atoms with Crippen LogP contribution < -0.4 is 0 Å². The third kappa shape index (κ3) is 2.68. The normalized spacial score (nSPS) is 12.2. The minimum Gasteiger partial charge on any atom is -0.396 e. The maximum Gasteiger partial charge on any atom is 0.0992 e. The first-order chi connectivity index (χ1) is 6.17. The fourth-order valence-electron chi connectivity index (χ4n) is 1.02. The molecule has 0 saturated carbocycles. The van der Waals surface area contributed by atoms with Crippen LogP contribution in [-0.4, -0.2) is 11.7 Å². The third-order valence-corrected chi connectivity index (χ3v) is 2.36. The van der Waals surface area contributed by atoms with E-state index in [1.807, 2.05) is 6.07 Å². The maximum absolute atomic E-state index is 8.89. The quantitative estimate of drug-likeness (QED) is 0.846. The first-order valence-electron chi connectivity index (χ1n) is 3.82. The van der Waals surface area contributed by atoms with Gasteiger partial charge in [-0.1, -0.05) is 0 Å². The average Bonchev–Trinajstić information content (AvgIpc) is 2.15. The summed E-state index contributed by atoms with van der Waals surface area (Å²) in [5, 5.41) is 17.6. The highest BCUT2D eigenvalue weighted by atomic mass is 127. The van der Waals surface area contributed by atoms with Gasteiger partial charge in [0.15, 0.2) is 0 Å². The molecule has 0 aliphatic carbocycles. The van der Waals surface area contributed by atoms with Gasteiger partial charge in [-0.2, -0.15) is 5.26 Å². The Labute approximate surface area is 91.3 Å². The topological polar surface area (TPSA) is 44.0 Å². The number of aliphatic hydroxyl groups is 1. The van der Waals surface area contributed by atoms with Crippen molar-refractivity contribution >= 4 is 22.6 Å². The van der Waals surface area contributed by atoms with Crippen LogP contribution in [-0.2, 0) is 0 Å². The van der Waals surface area contributed by atoms with Gasteiger partial charge in [-0.25, -0.2) is 0 Å². The van der Waals surface area contributed by atoms with Crippen molar-refractivity contribution in [1.29, 1.82) is 5.26 Å². The Morgan fingerprint density at radius 2 is 2.23 bits per heavy atom. The van der Waals surface area contributed by atoms with E-state index in [1.165, 1.54) is 0 Å². The second-order valence-electron chi connectivity index (χ2n) is 2.76. The Morgan fingerprint density at radius 3 is 2.77 bits per heavy atom. The van der Waals surface area contributed by atoms with Crippen LogP contribution in [0.4, 0.5) is 0 Å². The zero-order valence-corrected chi connectivity index (χ0v) is 9.15. The van der Waals surface area contributed by atoms with Crippen molar-refractivity contribution in [1.82, 2.24) is 0 Å². The largest absolute Gasteiger partial charge is 0.396 e. The zero-order valence-electron chi connectivity index (χ0n) is 7.00. The van der Waals surface area contributed by atoms with Crippen LogP contribution in [0.5, 0.6) is 0 Å². The summed E-state index contributed by atoms with van der Waals surface area (Å²) in [7, 11) is 0. The molecule has 67 valence electrons. The molecule has 0 saturated heterocycles. The van der Waals surface area contributed by atoms with E-state index in [-0.39, 0.29) is 12.5 Å². The number of rotatable bonds is 2. The Morgan fingerprint density at radius 1 is 1.54 bits per heavy atom. The summed E-state index contributed by atoms with van der Waals surface area (Å²) in [6.07, 6.45) is 0. The van der Waals surface area contributed by atoms with Crippen LogP contribution in [0.15, 0.2) is 18.2 Å². The van der Waals surface area contributed by atoms with Gasteiger partial charge in [-0.15, -0.1) is 0 Å². The highest BCUT2D eigenvalue weighted by Crippen LogP contribution is 2.19. The van der Waals surface area contributed by atoms with Gasteiger partial charge in [0.1, 0.15) is 0 Å². The van der Waals surface area contributed by atoms with Gasteiger partial charge in [0.2, 0.25) is 0 Å². The number of aliphatic hydroxyl groups excluding tert-OH is 1. The molecule has 2 nitrogen and oxygen atoms in total. The lowest BCUT2D eigenvalue weighted by molar-refractivity contribution is 0.282. The van der Waals surface area contributed by atoms with E-state index < -0.39 is 0 Å². The molecule has 13 heavy (non-hydrogen) atoms. The minimum absolute atomic E-state index is 0.00492. The molecule has 0 bridgehead atoms. The SMILES string of the molecule is [CH2]C(CO)c1cc(I)cc(C#N)c1. The standard InChI is InChI=1S/C10H9INO/c1-7(6-13)9-2-8(5-12)3-10(11)4-9/h2-4,7,13H,1,6H2. The van der Waals surface area contributed by atoms with Crippen LogP contribution in [0.2, 0.25) is 0 Å². The van der Waals surface area contributed by atoms with Crippen molar-refractivity contribution < 1.29 is 5.11 Å². The summed E-state index contributed by atoms with van der Waals surface area (Å²) >= 11 is 2.14. The lowest BCUT2D eigenvalue weighted by atomic mass is 10.0. The average molecular weight is 286 g/mol. The summed E-state index contributed by atoms with van der Waals surface area (Å²) in [5.41, 5.74) is 1.52. The first-order valence-corrected chi connectivity index (χ1v) is 4.89. The molecule has 0 aromatic heterocycles. The van der Waals surface area contributed by atoms with Gasteiger partial charge < -0.3 is 5.11 Å². The molecule has 1 N–H and O–H groups in total. The van der Waals surface area contributed by atoms with Gasteiger partial charge >= 0.3 is 0 Å². The molecular formula is C10H9INO. The molecular weight excluding hydrogens is 277 g/mol. The number of nitriles is 1. The minimum atomic E-state index is -0.151. The van der Waals surface area contributed by atoms with Gasteiger partial charge in [0, 0.05) is 16.1 Å². The maximum atomic E-state index is 8.89. The van der Waals surface area contributed by atoms with Crippen molar-refractivity contribution in [2.24, 2.45) is 0 Å². The second-order valence-corrected chi connectivity index (χ2v) is 4.01. The molecule has 1 aromatic rings. The number of hydrogen-bond acceptors (Lipinski definition) is 2. The van der Waals surface area contributed by atoms with Gasteiger partial charge in [0.05, 0.1) is 11.6 Å². The second kappa shape index (κ2) is 4.58. The highest BCUT2D eigenvalue weighted by molar-refractivity contribution is 14.1. The predicted octanol–water partition coefficient (Wildman–Crippen LogP) is 2.07. The smallest absolute Gasteiger partial charge is 0.0992 e. The molecule has 0 amide bonds. The van der Waals surface area contributed by atoms with Crippen LogP contribution in [0.1, 0.15) is 17.0 Å². The number of benzene rings is 1. The Bertz CT molecular complexity index is 343.